The Morgan fingerprint density at radius 1 is 0.969 bits per heavy atom. The Labute approximate surface area is 201 Å². The van der Waals surface area contributed by atoms with Gasteiger partial charge in [-0.15, -0.1) is 23.5 Å². The minimum Gasteiger partial charge on any atom is -0.462 e. The number of hydrogen-bond donors (Lipinski definition) is 0. The van der Waals surface area contributed by atoms with Gasteiger partial charge in [0.2, 0.25) is 0 Å². The molecule has 0 aromatic carbocycles. The van der Waals surface area contributed by atoms with E-state index in [4.69, 9.17) is 9.47 Å². The quantitative estimate of drug-likeness (QED) is 0.375. The maximum atomic E-state index is 12.0. The molecule has 5 rings (SSSR count). The van der Waals surface area contributed by atoms with Crippen LogP contribution in [0.2, 0.25) is 0 Å². The van der Waals surface area contributed by atoms with E-state index in [1.807, 2.05) is 23.5 Å². The fourth-order valence-electron chi connectivity index (χ4n) is 8.31. The highest BCUT2D eigenvalue weighted by molar-refractivity contribution is 8.20. The van der Waals surface area contributed by atoms with E-state index in [1.165, 1.54) is 37.2 Å². The molecule has 178 valence electrons. The van der Waals surface area contributed by atoms with Crippen molar-refractivity contribution in [1.82, 2.24) is 0 Å². The summed E-state index contributed by atoms with van der Waals surface area (Å²) in [6.45, 7) is 7.97. The molecule has 0 bridgehead atoms. The predicted molar refractivity (Wildman–Crippen MR) is 130 cm³/mol. The highest BCUT2D eigenvalue weighted by Gasteiger charge is 2.61. The first-order valence-corrected chi connectivity index (χ1v) is 14.6. The lowest BCUT2D eigenvalue weighted by atomic mass is 9.47. The van der Waals surface area contributed by atoms with Crippen LogP contribution in [0, 0.1) is 34.5 Å². The Morgan fingerprint density at radius 2 is 1.69 bits per heavy atom. The van der Waals surface area contributed by atoms with Crippen LogP contribution in [0.25, 0.3) is 0 Å². The first-order chi connectivity index (χ1) is 15.2. The smallest absolute Gasteiger partial charge is 0.302 e. The van der Waals surface area contributed by atoms with Crippen molar-refractivity contribution in [3.8, 4) is 0 Å². The molecule has 0 spiro atoms. The summed E-state index contributed by atoms with van der Waals surface area (Å²) in [5, 5.41) is 0. The second-order valence-corrected chi connectivity index (χ2v) is 14.1. The van der Waals surface area contributed by atoms with Crippen LogP contribution in [0.1, 0.15) is 72.6 Å². The highest BCUT2D eigenvalue weighted by Crippen LogP contribution is 2.66. The zero-order valence-electron chi connectivity index (χ0n) is 19.9. The second kappa shape index (κ2) is 8.55. The third-order valence-electron chi connectivity index (χ3n) is 9.68. The molecule has 6 heteroatoms. The summed E-state index contributed by atoms with van der Waals surface area (Å²) in [5.41, 5.74) is 1.88. The molecule has 5 aliphatic rings. The van der Waals surface area contributed by atoms with Crippen LogP contribution in [0.5, 0.6) is 0 Å². The average Bonchev–Trinajstić information content (AvgIpc) is 3.35. The maximum Gasteiger partial charge on any atom is 0.302 e. The van der Waals surface area contributed by atoms with Gasteiger partial charge >= 0.3 is 11.9 Å². The largest absolute Gasteiger partial charge is 0.462 e. The fourth-order valence-corrected chi connectivity index (χ4v) is 11.5. The van der Waals surface area contributed by atoms with Crippen molar-refractivity contribution >= 4 is 35.5 Å². The summed E-state index contributed by atoms with van der Waals surface area (Å²) in [4.78, 5) is 23.8. The molecule has 3 saturated carbocycles. The van der Waals surface area contributed by atoms with Gasteiger partial charge in [0.05, 0.1) is 4.58 Å². The number of fused-ring (bicyclic) bond motifs is 5. The molecule has 32 heavy (non-hydrogen) atoms. The summed E-state index contributed by atoms with van der Waals surface area (Å²) in [6.07, 6.45) is 10.5. The zero-order chi connectivity index (χ0) is 22.7. The van der Waals surface area contributed by atoms with Gasteiger partial charge in [0.15, 0.2) is 0 Å². The number of allylic oxidation sites excluding steroid dienone is 1. The van der Waals surface area contributed by atoms with Crippen LogP contribution < -0.4 is 0 Å². The van der Waals surface area contributed by atoms with E-state index in [0.717, 1.165) is 19.3 Å². The van der Waals surface area contributed by atoms with Crippen LogP contribution in [0.4, 0.5) is 0 Å². The minimum absolute atomic E-state index is 0.00576. The van der Waals surface area contributed by atoms with E-state index < -0.39 is 0 Å². The number of thioether (sulfide) groups is 2. The first-order valence-electron chi connectivity index (χ1n) is 12.5. The number of esters is 2. The molecule has 1 aliphatic heterocycles. The van der Waals surface area contributed by atoms with E-state index in [1.54, 1.807) is 19.4 Å². The Morgan fingerprint density at radius 3 is 2.38 bits per heavy atom. The normalized spacial score (nSPS) is 45.9. The van der Waals surface area contributed by atoms with E-state index >= 15 is 0 Å². The van der Waals surface area contributed by atoms with Crippen molar-refractivity contribution in [2.45, 2.75) is 89.4 Å². The average molecular weight is 479 g/mol. The van der Waals surface area contributed by atoms with Crippen molar-refractivity contribution in [3.05, 3.63) is 11.6 Å². The van der Waals surface area contributed by atoms with Gasteiger partial charge in [0, 0.05) is 36.7 Å². The SMILES string of the molecule is CC(=O)O[C@H]1CC[C@H]2[C@H]3CCC4=C[C@@H](C5SCCS5)[C@H](OC(C)=O)C[C@]4(C)[C@@H]3CC[C@]12C. The molecule has 4 fully saturated rings. The molecule has 0 aromatic rings. The van der Waals surface area contributed by atoms with E-state index in [9.17, 15) is 9.59 Å². The molecule has 0 radical (unpaired) electrons. The second-order valence-electron chi connectivity index (χ2n) is 11.3. The van der Waals surface area contributed by atoms with Crippen molar-refractivity contribution in [2.24, 2.45) is 34.5 Å². The Hall–Kier alpha value is -0.620. The monoisotopic (exact) mass is 478 g/mol. The molecule has 0 unspecified atom stereocenters. The highest BCUT2D eigenvalue weighted by atomic mass is 32.2. The Kier molecular flexibility index (Phi) is 6.18. The fraction of sp³-hybridized carbons (Fsp3) is 0.846. The van der Waals surface area contributed by atoms with Crippen LogP contribution >= 0.6 is 23.5 Å². The van der Waals surface area contributed by atoms with Crippen LogP contribution in [-0.4, -0.2) is 40.2 Å². The van der Waals surface area contributed by atoms with Gasteiger partial charge in [-0.25, -0.2) is 0 Å². The summed E-state index contributed by atoms with van der Waals surface area (Å²) in [7, 11) is 0. The third kappa shape index (κ3) is 3.76. The molecular weight excluding hydrogens is 440 g/mol. The van der Waals surface area contributed by atoms with Gasteiger partial charge < -0.3 is 9.47 Å². The number of ether oxygens (including phenoxy) is 2. The van der Waals surface area contributed by atoms with Crippen molar-refractivity contribution < 1.29 is 19.1 Å². The lowest BCUT2D eigenvalue weighted by Crippen LogP contribution is -2.53. The molecular formula is C26H38O4S2. The maximum absolute atomic E-state index is 12.0. The van der Waals surface area contributed by atoms with Crippen molar-refractivity contribution in [1.29, 1.82) is 0 Å². The minimum atomic E-state index is -0.142. The molecule has 0 aromatic heterocycles. The number of rotatable bonds is 3. The molecule has 8 atom stereocenters. The third-order valence-corrected chi connectivity index (χ3v) is 12.9. The van der Waals surface area contributed by atoms with Crippen molar-refractivity contribution in [3.63, 3.8) is 0 Å². The van der Waals surface area contributed by atoms with Crippen LogP contribution in [0.15, 0.2) is 11.6 Å². The summed E-state index contributed by atoms with van der Waals surface area (Å²) in [6, 6.07) is 0. The van der Waals surface area contributed by atoms with E-state index in [2.05, 4.69) is 19.9 Å². The van der Waals surface area contributed by atoms with E-state index in [0.29, 0.717) is 28.3 Å². The standard InChI is InChI=1S/C26H38O4S2/c1-15(27)29-22-14-26(4)17(13-19(22)24-31-11-12-32-24)5-6-18-20-7-8-23(30-16(2)28)25(20,3)10-9-21(18)26/h13,18-24H,5-12,14H2,1-4H3/t18-,19-,20+,21-,22-,23+,25+,26+/m1/s1. The summed E-state index contributed by atoms with van der Waals surface area (Å²) >= 11 is 4.09. The molecule has 1 saturated heterocycles. The predicted octanol–water partition coefficient (Wildman–Crippen LogP) is 5.84. The lowest BCUT2D eigenvalue weighted by Gasteiger charge is -2.59. The van der Waals surface area contributed by atoms with Gasteiger partial charge in [-0.2, -0.15) is 0 Å². The number of carbonyl (C=O) groups is 2. The van der Waals surface area contributed by atoms with Gasteiger partial charge in [-0.05, 0) is 68.1 Å². The number of hydrogen-bond acceptors (Lipinski definition) is 6. The lowest BCUT2D eigenvalue weighted by molar-refractivity contribution is -0.160. The van der Waals surface area contributed by atoms with Gasteiger partial charge in [0.1, 0.15) is 12.2 Å². The molecule has 0 amide bonds. The van der Waals surface area contributed by atoms with Crippen LogP contribution in [0.3, 0.4) is 0 Å². The number of carbonyl (C=O) groups excluding carboxylic acids is 2. The molecule has 4 nitrogen and oxygen atoms in total. The molecule has 0 N–H and O–H groups in total. The zero-order valence-corrected chi connectivity index (χ0v) is 21.6. The summed E-state index contributed by atoms with van der Waals surface area (Å²) < 4.78 is 12.3. The first kappa shape index (κ1) is 23.1. The topological polar surface area (TPSA) is 52.6 Å². The summed E-state index contributed by atoms with van der Waals surface area (Å²) in [5.74, 6) is 4.42. The van der Waals surface area contributed by atoms with Gasteiger partial charge in [-0.1, -0.05) is 25.5 Å². The van der Waals surface area contributed by atoms with Crippen molar-refractivity contribution in [2.75, 3.05) is 11.5 Å². The molecule has 1 heterocycles. The van der Waals surface area contributed by atoms with Crippen LogP contribution in [-0.2, 0) is 19.1 Å². The Balaban J connectivity index is 1.43. The van der Waals surface area contributed by atoms with Gasteiger partial charge in [-0.3, -0.25) is 9.59 Å². The van der Waals surface area contributed by atoms with Gasteiger partial charge in [0.25, 0.3) is 0 Å². The molecule has 4 aliphatic carbocycles. The Bertz CT molecular complexity index is 806. The van der Waals surface area contributed by atoms with E-state index in [-0.39, 0.29) is 35.0 Å².